The van der Waals surface area contributed by atoms with E-state index in [1.54, 1.807) is 18.3 Å². The van der Waals surface area contributed by atoms with E-state index in [0.29, 0.717) is 5.69 Å². The molecule has 20 heavy (non-hydrogen) atoms. The maximum absolute atomic E-state index is 12.5. The molecule has 0 aliphatic rings. The second-order valence-electron chi connectivity index (χ2n) is 4.90. The van der Waals surface area contributed by atoms with Gasteiger partial charge < -0.3 is 5.73 Å². The van der Waals surface area contributed by atoms with Crippen molar-refractivity contribution in [3.63, 3.8) is 0 Å². The number of nitrogens with one attached hydrogen (secondary N) is 1. The average Bonchev–Trinajstić information content (AvgIpc) is 2.44. The first-order chi connectivity index (χ1) is 9.55. The van der Waals surface area contributed by atoms with Gasteiger partial charge in [-0.05, 0) is 25.0 Å². The summed E-state index contributed by atoms with van der Waals surface area (Å²) in [6, 6.07) is 3.16. The van der Waals surface area contributed by atoms with Gasteiger partial charge in [0.15, 0.2) is 0 Å². The van der Waals surface area contributed by atoms with Crippen LogP contribution in [-0.2, 0) is 16.6 Å². The minimum Gasteiger partial charge on any atom is -0.325 e. The molecule has 0 amide bonds. The molecule has 0 saturated heterocycles. The minimum absolute atomic E-state index is 0.0178. The Labute approximate surface area is 122 Å². The number of nitrogens with two attached hydrogens (primary N) is 1. The highest BCUT2D eigenvalue weighted by Crippen LogP contribution is 2.16. The van der Waals surface area contributed by atoms with Crippen LogP contribution >= 0.6 is 0 Å². The summed E-state index contributed by atoms with van der Waals surface area (Å²) in [7, 11) is -3.55. The highest BCUT2D eigenvalue weighted by molar-refractivity contribution is 7.89. The van der Waals surface area contributed by atoms with Gasteiger partial charge in [-0.15, -0.1) is 0 Å². The fourth-order valence-corrected chi connectivity index (χ4v) is 3.67. The summed E-state index contributed by atoms with van der Waals surface area (Å²) in [5.41, 5.74) is 5.97. The Bertz CT molecular complexity index is 503. The smallest absolute Gasteiger partial charge is 0.242 e. The molecule has 1 heterocycles. The molecule has 0 spiro atoms. The van der Waals surface area contributed by atoms with E-state index in [9.17, 15) is 8.42 Å². The van der Waals surface area contributed by atoms with Gasteiger partial charge >= 0.3 is 0 Å². The monoisotopic (exact) mass is 299 g/mol. The Kier molecular flexibility index (Phi) is 7.12. The zero-order valence-corrected chi connectivity index (χ0v) is 13.1. The van der Waals surface area contributed by atoms with Crippen molar-refractivity contribution in [1.29, 1.82) is 0 Å². The second-order valence-corrected chi connectivity index (χ2v) is 6.58. The molecule has 0 saturated carbocycles. The number of nitrogens with zero attached hydrogens (tertiary/aromatic N) is 1. The first-order valence-corrected chi connectivity index (χ1v) is 8.69. The molecule has 0 aliphatic heterocycles. The van der Waals surface area contributed by atoms with Crippen molar-refractivity contribution in [3.8, 4) is 0 Å². The normalized spacial score (nSPS) is 13.3. The molecule has 3 N–H and O–H groups in total. The molecule has 0 aromatic carbocycles. The van der Waals surface area contributed by atoms with E-state index in [1.165, 1.54) is 0 Å². The number of hydrogen-bond donors (Lipinski definition) is 2. The fourth-order valence-electron chi connectivity index (χ4n) is 2.17. The van der Waals surface area contributed by atoms with Crippen molar-refractivity contribution in [2.24, 2.45) is 5.73 Å². The van der Waals surface area contributed by atoms with E-state index in [4.69, 9.17) is 5.73 Å². The van der Waals surface area contributed by atoms with Crippen LogP contribution in [0.25, 0.3) is 0 Å². The Morgan fingerprint density at radius 2 is 2.05 bits per heavy atom. The van der Waals surface area contributed by atoms with Crippen LogP contribution in [0.15, 0.2) is 23.2 Å². The molecule has 1 aromatic rings. The van der Waals surface area contributed by atoms with Gasteiger partial charge in [0.1, 0.15) is 4.90 Å². The van der Waals surface area contributed by atoms with Crippen LogP contribution in [0.1, 0.15) is 51.6 Å². The van der Waals surface area contributed by atoms with Crippen LogP contribution in [-0.4, -0.2) is 19.4 Å². The molecular weight excluding hydrogens is 274 g/mol. The van der Waals surface area contributed by atoms with Gasteiger partial charge in [0, 0.05) is 18.8 Å². The van der Waals surface area contributed by atoms with Gasteiger partial charge in [-0.2, -0.15) is 0 Å². The molecular formula is C14H25N3O2S. The zero-order valence-electron chi connectivity index (χ0n) is 12.3. The molecule has 0 aliphatic carbocycles. The molecule has 1 unspecified atom stereocenters. The van der Waals surface area contributed by atoms with Crippen molar-refractivity contribution in [2.75, 3.05) is 0 Å². The van der Waals surface area contributed by atoms with E-state index in [2.05, 4.69) is 23.6 Å². The second kappa shape index (κ2) is 8.34. The Balaban J connectivity index is 2.91. The van der Waals surface area contributed by atoms with Gasteiger partial charge in [0.2, 0.25) is 10.0 Å². The first-order valence-electron chi connectivity index (χ1n) is 7.21. The van der Waals surface area contributed by atoms with Crippen molar-refractivity contribution in [2.45, 2.75) is 63.4 Å². The highest BCUT2D eigenvalue weighted by Gasteiger charge is 2.22. The number of aromatic nitrogens is 1. The standard InChI is InChI=1S/C14H25N3O2S/c1-3-5-8-12(7-4-2)17-20(18,19)14-9-6-10-16-13(14)11-15/h6,9-10,12,17H,3-5,7-8,11,15H2,1-2H3. The minimum atomic E-state index is -3.55. The third-order valence-corrected chi connectivity index (χ3v) is 4.79. The van der Waals surface area contributed by atoms with Crippen LogP contribution in [0.4, 0.5) is 0 Å². The van der Waals surface area contributed by atoms with Crippen LogP contribution in [0.2, 0.25) is 0 Å². The summed E-state index contributed by atoms with van der Waals surface area (Å²) in [4.78, 5) is 4.23. The van der Waals surface area contributed by atoms with Crippen molar-refractivity contribution < 1.29 is 8.42 Å². The van der Waals surface area contributed by atoms with E-state index in [0.717, 1.165) is 32.1 Å². The topological polar surface area (TPSA) is 85.1 Å². The largest absolute Gasteiger partial charge is 0.325 e. The number of sulfonamides is 1. The van der Waals surface area contributed by atoms with E-state index in [1.807, 2.05) is 0 Å². The lowest BCUT2D eigenvalue weighted by atomic mass is 10.1. The average molecular weight is 299 g/mol. The van der Waals surface area contributed by atoms with Gasteiger partial charge in [-0.25, -0.2) is 13.1 Å². The number of pyridine rings is 1. The molecule has 1 rings (SSSR count). The maximum Gasteiger partial charge on any atom is 0.242 e. The van der Waals surface area contributed by atoms with Crippen LogP contribution in [0.3, 0.4) is 0 Å². The highest BCUT2D eigenvalue weighted by atomic mass is 32.2. The lowest BCUT2D eigenvalue weighted by molar-refractivity contribution is 0.482. The van der Waals surface area contributed by atoms with Gasteiger partial charge in [0.05, 0.1) is 5.69 Å². The van der Waals surface area contributed by atoms with E-state index in [-0.39, 0.29) is 17.5 Å². The van der Waals surface area contributed by atoms with Gasteiger partial charge in [-0.3, -0.25) is 4.98 Å². The Morgan fingerprint density at radius 1 is 1.30 bits per heavy atom. The van der Waals surface area contributed by atoms with Gasteiger partial charge in [0.25, 0.3) is 0 Å². The third-order valence-electron chi connectivity index (χ3n) is 3.20. The molecule has 5 nitrogen and oxygen atoms in total. The molecule has 0 fully saturated rings. The van der Waals surface area contributed by atoms with Crippen LogP contribution < -0.4 is 10.5 Å². The van der Waals surface area contributed by atoms with Gasteiger partial charge in [-0.1, -0.05) is 33.1 Å². The lowest BCUT2D eigenvalue weighted by Crippen LogP contribution is -2.35. The first kappa shape index (κ1) is 17.1. The molecule has 114 valence electrons. The summed E-state index contributed by atoms with van der Waals surface area (Å²) in [5, 5.41) is 0. The third kappa shape index (κ3) is 4.85. The zero-order chi connectivity index (χ0) is 15.0. The molecule has 1 atom stereocenters. The van der Waals surface area contributed by atoms with Crippen molar-refractivity contribution in [1.82, 2.24) is 9.71 Å². The molecule has 0 bridgehead atoms. The fraction of sp³-hybridized carbons (Fsp3) is 0.643. The number of unbranched alkanes of at least 4 members (excludes halogenated alkanes) is 1. The lowest BCUT2D eigenvalue weighted by Gasteiger charge is -2.18. The summed E-state index contributed by atoms with van der Waals surface area (Å²) in [5.74, 6) is 0. The molecule has 6 heteroatoms. The predicted octanol–water partition coefficient (Wildman–Crippen LogP) is 2.18. The quantitative estimate of drug-likeness (QED) is 0.732. The van der Waals surface area contributed by atoms with Crippen molar-refractivity contribution >= 4 is 10.0 Å². The van der Waals surface area contributed by atoms with Crippen molar-refractivity contribution in [3.05, 3.63) is 24.0 Å². The molecule has 0 radical (unpaired) electrons. The van der Waals surface area contributed by atoms with E-state index >= 15 is 0 Å². The summed E-state index contributed by atoms with van der Waals surface area (Å²) in [6.45, 7) is 4.28. The summed E-state index contributed by atoms with van der Waals surface area (Å²) < 4.78 is 27.7. The number of rotatable bonds is 9. The van der Waals surface area contributed by atoms with E-state index < -0.39 is 10.0 Å². The Hall–Kier alpha value is -0.980. The SMILES string of the molecule is CCCCC(CCC)NS(=O)(=O)c1cccnc1CN. The summed E-state index contributed by atoms with van der Waals surface area (Å²) >= 11 is 0. The van der Waals surface area contributed by atoms with Crippen LogP contribution in [0.5, 0.6) is 0 Å². The number of hydrogen-bond acceptors (Lipinski definition) is 4. The summed E-state index contributed by atoms with van der Waals surface area (Å²) in [6.07, 6.45) is 6.29. The predicted molar refractivity (Wildman–Crippen MR) is 80.7 cm³/mol. The Morgan fingerprint density at radius 3 is 2.65 bits per heavy atom. The molecule has 1 aromatic heterocycles. The van der Waals surface area contributed by atoms with Crippen LogP contribution in [0, 0.1) is 0 Å². The maximum atomic E-state index is 12.5.